The highest BCUT2D eigenvalue weighted by atomic mass is 16.2. The average molecular weight is 256 g/mol. The van der Waals surface area contributed by atoms with Crippen molar-refractivity contribution in [3.63, 3.8) is 0 Å². The van der Waals surface area contributed by atoms with E-state index in [4.69, 9.17) is 5.73 Å². The lowest BCUT2D eigenvalue weighted by Gasteiger charge is -2.27. The molecule has 3 heteroatoms. The molecule has 0 fully saturated rings. The van der Waals surface area contributed by atoms with Crippen LogP contribution in [0.15, 0.2) is 0 Å². The van der Waals surface area contributed by atoms with Crippen molar-refractivity contribution in [1.82, 2.24) is 4.90 Å². The molecule has 0 aliphatic rings. The van der Waals surface area contributed by atoms with E-state index in [0.717, 1.165) is 25.9 Å². The van der Waals surface area contributed by atoms with Crippen LogP contribution in [0.3, 0.4) is 0 Å². The molecule has 0 saturated carbocycles. The topological polar surface area (TPSA) is 46.3 Å². The van der Waals surface area contributed by atoms with Gasteiger partial charge in [-0.2, -0.15) is 0 Å². The van der Waals surface area contributed by atoms with Crippen molar-refractivity contribution in [3.05, 3.63) is 0 Å². The number of unbranched alkanes of at least 4 members (excludes halogenated alkanes) is 4. The molecule has 108 valence electrons. The van der Waals surface area contributed by atoms with Crippen LogP contribution in [-0.4, -0.2) is 29.9 Å². The quantitative estimate of drug-likeness (QED) is 0.610. The molecule has 0 aromatic carbocycles. The summed E-state index contributed by atoms with van der Waals surface area (Å²) in [5, 5.41) is 0. The van der Waals surface area contributed by atoms with Crippen LogP contribution in [0.4, 0.5) is 0 Å². The molecule has 3 nitrogen and oxygen atoms in total. The Bertz CT molecular complexity index is 207. The molecule has 0 aliphatic heterocycles. The second-order valence-electron chi connectivity index (χ2n) is 5.39. The molecule has 2 N–H and O–H groups in total. The molecule has 0 rings (SSSR count). The lowest BCUT2D eigenvalue weighted by atomic mass is 10.0. The van der Waals surface area contributed by atoms with Crippen LogP contribution in [0.1, 0.15) is 66.2 Å². The van der Waals surface area contributed by atoms with E-state index in [2.05, 4.69) is 13.8 Å². The summed E-state index contributed by atoms with van der Waals surface area (Å²) < 4.78 is 0. The van der Waals surface area contributed by atoms with Crippen LogP contribution in [0, 0.1) is 5.92 Å². The van der Waals surface area contributed by atoms with Crippen LogP contribution < -0.4 is 5.73 Å². The van der Waals surface area contributed by atoms with Gasteiger partial charge in [-0.25, -0.2) is 0 Å². The number of carbonyl (C=O) groups is 1. The number of hydrogen-bond donors (Lipinski definition) is 1. The van der Waals surface area contributed by atoms with Crippen LogP contribution in [0.5, 0.6) is 0 Å². The van der Waals surface area contributed by atoms with E-state index in [1.54, 1.807) is 0 Å². The van der Waals surface area contributed by atoms with Gasteiger partial charge in [-0.3, -0.25) is 4.79 Å². The number of nitrogens with two attached hydrogens (primary N) is 1. The molecule has 18 heavy (non-hydrogen) atoms. The lowest BCUT2D eigenvalue weighted by Crippen LogP contribution is -2.42. The van der Waals surface area contributed by atoms with Gasteiger partial charge < -0.3 is 10.6 Å². The van der Waals surface area contributed by atoms with Crippen molar-refractivity contribution >= 4 is 5.91 Å². The fourth-order valence-electron chi connectivity index (χ4n) is 1.95. The van der Waals surface area contributed by atoms with E-state index in [-0.39, 0.29) is 17.9 Å². The van der Waals surface area contributed by atoms with E-state index in [1.807, 2.05) is 18.7 Å². The first-order valence-corrected chi connectivity index (χ1v) is 7.58. The summed E-state index contributed by atoms with van der Waals surface area (Å²) in [5.41, 5.74) is 5.84. The average Bonchev–Trinajstić information content (AvgIpc) is 2.35. The minimum atomic E-state index is -0.0618. The summed E-state index contributed by atoms with van der Waals surface area (Å²) in [4.78, 5) is 14.3. The SMILES string of the molecule is CCCCCN(CCCCC)C(=O)C(C)C(C)N. The predicted molar refractivity (Wildman–Crippen MR) is 78.4 cm³/mol. The number of nitrogens with zero attached hydrogens (tertiary/aromatic N) is 1. The Hall–Kier alpha value is -0.570. The Kier molecular flexibility index (Phi) is 10.0. The molecule has 0 heterocycles. The first kappa shape index (κ1) is 17.4. The van der Waals surface area contributed by atoms with Crippen LogP contribution in [0.2, 0.25) is 0 Å². The second-order valence-corrected chi connectivity index (χ2v) is 5.39. The van der Waals surface area contributed by atoms with Crippen LogP contribution >= 0.6 is 0 Å². The predicted octanol–water partition coefficient (Wildman–Crippen LogP) is 3.18. The molecular formula is C15H32N2O. The van der Waals surface area contributed by atoms with Crippen LogP contribution in [-0.2, 0) is 4.79 Å². The Morgan fingerprint density at radius 2 is 1.44 bits per heavy atom. The first-order chi connectivity index (χ1) is 8.54. The molecule has 0 aromatic rings. The standard InChI is InChI=1S/C15H32N2O/c1-5-7-9-11-17(12-10-8-6-2)15(18)13(3)14(4)16/h13-14H,5-12,16H2,1-4H3. The van der Waals surface area contributed by atoms with Crippen molar-refractivity contribution in [2.24, 2.45) is 11.7 Å². The lowest BCUT2D eigenvalue weighted by molar-refractivity contribution is -0.135. The minimum absolute atomic E-state index is 0.0580. The van der Waals surface area contributed by atoms with E-state index in [9.17, 15) is 4.79 Å². The zero-order chi connectivity index (χ0) is 14.0. The van der Waals surface area contributed by atoms with Gasteiger partial charge in [0.15, 0.2) is 0 Å². The molecule has 2 unspecified atom stereocenters. The molecule has 0 aromatic heterocycles. The van der Waals surface area contributed by atoms with Gasteiger partial charge in [-0.05, 0) is 19.8 Å². The van der Waals surface area contributed by atoms with Crippen molar-refractivity contribution in [1.29, 1.82) is 0 Å². The molecular weight excluding hydrogens is 224 g/mol. The van der Waals surface area contributed by atoms with E-state index >= 15 is 0 Å². The fraction of sp³-hybridized carbons (Fsp3) is 0.933. The summed E-state index contributed by atoms with van der Waals surface area (Å²) in [6.07, 6.45) is 7.01. The van der Waals surface area contributed by atoms with Crippen molar-refractivity contribution in [2.75, 3.05) is 13.1 Å². The van der Waals surface area contributed by atoms with Gasteiger partial charge in [-0.1, -0.05) is 46.5 Å². The number of amides is 1. The zero-order valence-corrected chi connectivity index (χ0v) is 12.7. The summed E-state index contributed by atoms with van der Waals surface area (Å²) >= 11 is 0. The highest BCUT2D eigenvalue weighted by Crippen LogP contribution is 2.10. The van der Waals surface area contributed by atoms with E-state index in [0.29, 0.717) is 0 Å². The first-order valence-electron chi connectivity index (χ1n) is 7.58. The van der Waals surface area contributed by atoms with Crippen LogP contribution in [0.25, 0.3) is 0 Å². The normalized spacial score (nSPS) is 14.3. The minimum Gasteiger partial charge on any atom is -0.342 e. The van der Waals surface area contributed by atoms with Gasteiger partial charge >= 0.3 is 0 Å². The third kappa shape index (κ3) is 7.00. The smallest absolute Gasteiger partial charge is 0.226 e. The summed E-state index contributed by atoms with van der Waals surface area (Å²) in [7, 11) is 0. The second kappa shape index (κ2) is 10.4. The van der Waals surface area contributed by atoms with E-state index < -0.39 is 0 Å². The van der Waals surface area contributed by atoms with Gasteiger partial charge in [0.1, 0.15) is 0 Å². The van der Waals surface area contributed by atoms with Gasteiger partial charge in [0.05, 0.1) is 5.92 Å². The van der Waals surface area contributed by atoms with E-state index in [1.165, 1.54) is 25.7 Å². The monoisotopic (exact) mass is 256 g/mol. The highest BCUT2D eigenvalue weighted by molar-refractivity contribution is 5.79. The maximum absolute atomic E-state index is 12.3. The van der Waals surface area contributed by atoms with Crippen molar-refractivity contribution in [2.45, 2.75) is 72.3 Å². The molecule has 0 bridgehead atoms. The maximum atomic E-state index is 12.3. The molecule has 0 saturated heterocycles. The maximum Gasteiger partial charge on any atom is 0.226 e. The largest absolute Gasteiger partial charge is 0.342 e. The third-order valence-corrected chi connectivity index (χ3v) is 3.55. The zero-order valence-electron chi connectivity index (χ0n) is 12.7. The van der Waals surface area contributed by atoms with Crippen molar-refractivity contribution < 1.29 is 4.79 Å². The van der Waals surface area contributed by atoms with Gasteiger partial charge in [0, 0.05) is 19.1 Å². The summed E-state index contributed by atoms with van der Waals surface area (Å²) in [5.74, 6) is 0.172. The summed E-state index contributed by atoms with van der Waals surface area (Å²) in [6.45, 7) is 10.0. The van der Waals surface area contributed by atoms with Crippen molar-refractivity contribution in [3.8, 4) is 0 Å². The Labute approximate surface area is 113 Å². The van der Waals surface area contributed by atoms with Gasteiger partial charge in [-0.15, -0.1) is 0 Å². The molecule has 0 aliphatic carbocycles. The molecule has 0 spiro atoms. The third-order valence-electron chi connectivity index (χ3n) is 3.55. The number of hydrogen-bond acceptors (Lipinski definition) is 2. The number of carbonyl (C=O) groups excluding carboxylic acids is 1. The molecule has 1 amide bonds. The molecule has 2 atom stereocenters. The van der Waals surface area contributed by atoms with Gasteiger partial charge in [0.2, 0.25) is 5.91 Å². The Morgan fingerprint density at radius 1 is 1.00 bits per heavy atom. The Balaban J connectivity index is 4.28. The summed E-state index contributed by atoms with van der Waals surface area (Å²) in [6, 6.07) is -0.0580. The highest BCUT2D eigenvalue weighted by Gasteiger charge is 2.22. The Morgan fingerprint density at radius 3 is 1.78 bits per heavy atom. The van der Waals surface area contributed by atoms with Gasteiger partial charge in [0.25, 0.3) is 0 Å². The fourth-order valence-corrected chi connectivity index (χ4v) is 1.95. The number of rotatable bonds is 10. The molecule has 0 radical (unpaired) electrons.